The van der Waals surface area contributed by atoms with Gasteiger partial charge in [-0.2, -0.15) is 0 Å². The summed E-state index contributed by atoms with van der Waals surface area (Å²) in [7, 11) is 0. The molecule has 0 aromatic heterocycles. The Labute approximate surface area is 91.4 Å². The number of anilines is 1. The summed E-state index contributed by atoms with van der Waals surface area (Å²) in [5.74, 6) is 0.166. The van der Waals surface area contributed by atoms with Crippen molar-refractivity contribution in [3.8, 4) is 5.75 Å². The van der Waals surface area contributed by atoms with Crippen LogP contribution in [-0.2, 0) is 4.79 Å². The van der Waals surface area contributed by atoms with Gasteiger partial charge in [0.25, 0.3) is 0 Å². The van der Waals surface area contributed by atoms with Crippen molar-refractivity contribution in [2.45, 2.75) is 18.2 Å². The topological polar surface area (TPSA) is 52.3 Å². The maximum Gasteiger partial charge on any atom is 0.327 e. The lowest BCUT2D eigenvalue weighted by molar-refractivity contribution is -0.136. The Morgan fingerprint density at radius 3 is 2.29 bits per heavy atom. The van der Waals surface area contributed by atoms with Gasteiger partial charge < -0.3 is 10.5 Å². The van der Waals surface area contributed by atoms with E-state index in [0.29, 0.717) is 11.4 Å². The van der Waals surface area contributed by atoms with Gasteiger partial charge in [-0.05, 0) is 38.1 Å². The second kappa shape index (κ2) is 4.00. The Balaban J connectivity index is 2.71. The molecule has 0 saturated heterocycles. The monoisotopic (exact) mass is 257 g/mol. The van der Waals surface area contributed by atoms with Crippen LogP contribution >= 0.6 is 15.9 Å². The molecule has 2 N–H and O–H groups in total. The summed E-state index contributed by atoms with van der Waals surface area (Å²) in [5.41, 5.74) is 6.14. The largest absolute Gasteiger partial charge is 0.426 e. The van der Waals surface area contributed by atoms with Gasteiger partial charge >= 0.3 is 5.97 Å². The van der Waals surface area contributed by atoms with Gasteiger partial charge in [0.05, 0.1) is 0 Å². The van der Waals surface area contributed by atoms with Gasteiger partial charge in [-0.1, -0.05) is 15.9 Å². The molecule has 1 aromatic carbocycles. The lowest BCUT2D eigenvalue weighted by atomic mass is 10.2. The van der Waals surface area contributed by atoms with E-state index in [4.69, 9.17) is 10.5 Å². The normalized spacial score (nSPS) is 11.1. The molecule has 0 spiro atoms. The predicted octanol–water partition coefficient (Wildman–Crippen LogP) is 2.35. The molecule has 1 aromatic rings. The molecule has 0 bridgehead atoms. The van der Waals surface area contributed by atoms with Crippen molar-refractivity contribution in [2.75, 3.05) is 5.73 Å². The molecule has 4 heteroatoms. The summed E-state index contributed by atoms with van der Waals surface area (Å²) in [4.78, 5) is 11.4. The lowest BCUT2D eigenvalue weighted by Gasteiger charge is -2.14. The number of carbonyl (C=O) groups is 1. The molecule has 0 heterocycles. The van der Waals surface area contributed by atoms with Crippen LogP contribution in [0.3, 0.4) is 0 Å². The molecule has 3 nitrogen and oxygen atoms in total. The van der Waals surface area contributed by atoms with Gasteiger partial charge in [-0.3, -0.25) is 4.79 Å². The summed E-state index contributed by atoms with van der Waals surface area (Å²) >= 11 is 3.22. The average molecular weight is 258 g/mol. The van der Waals surface area contributed by atoms with E-state index >= 15 is 0 Å². The summed E-state index contributed by atoms with van der Waals surface area (Å²) in [5, 5.41) is 0. The van der Waals surface area contributed by atoms with Crippen LogP contribution in [0.1, 0.15) is 13.8 Å². The van der Waals surface area contributed by atoms with Crippen LogP contribution in [0.2, 0.25) is 0 Å². The van der Waals surface area contributed by atoms with E-state index in [2.05, 4.69) is 15.9 Å². The number of alkyl halides is 1. The van der Waals surface area contributed by atoms with Crippen molar-refractivity contribution in [1.82, 2.24) is 0 Å². The van der Waals surface area contributed by atoms with Crippen molar-refractivity contribution < 1.29 is 9.53 Å². The van der Waals surface area contributed by atoms with E-state index in [1.807, 2.05) is 0 Å². The number of hydrogen-bond acceptors (Lipinski definition) is 3. The first-order valence-electron chi connectivity index (χ1n) is 4.16. The molecule has 0 fully saturated rings. The van der Waals surface area contributed by atoms with E-state index in [0.717, 1.165) is 0 Å². The number of nitrogens with two attached hydrogens (primary N) is 1. The first-order chi connectivity index (χ1) is 6.39. The molecule has 1 rings (SSSR count). The van der Waals surface area contributed by atoms with Crippen molar-refractivity contribution in [3.63, 3.8) is 0 Å². The summed E-state index contributed by atoms with van der Waals surface area (Å²) in [6.07, 6.45) is 0. The predicted molar refractivity (Wildman–Crippen MR) is 59.5 cm³/mol. The number of ether oxygens (including phenoxy) is 1. The molecule has 0 unspecified atom stereocenters. The first kappa shape index (κ1) is 11.0. The fourth-order valence-electron chi connectivity index (χ4n) is 0.764. The molecule has 14 heavy (non-hydrogen) atoms. The zero-order valence-electron chi connectivity index (χ0n) is 8.08. The number of carbonyl (C=O) groups excluding carboxylic acids is 1. The summed E-state index contributed by atoms with van der Waals surface area (Å²) in [6, 6.07) is 6.69. The first-order valence-corrected chi connectivity index (χ1v) is 4.95. The summed E-state index contributed by atoms with van der Waals surface area (Å²) in [6.45, 7) is 3.46. The molecule has 0 saturated carbocycles. The molecule has 0 atom stereocenters. The minimum Gasteiger partial charge on any atom is -0.426 e. The fourth-order valence-corrected chi connectivity index (χ4v) is 0.845. The minimum atomic E-state index is -0.672. The Morgan fingerprint density at radius 2 is 1.86 bits per heavy atom. The number of esters is 1. The van der Waals surface area contributed by atoms with Crippen molar-refractivity contribution in [3.05, 3.63) is 24.3 Å². The highest BCUT2D eigenvalue weighted by molar-refractivity contribution is 9.10. The van der Waals surface area contributed by atoms with E-state index in [9.17, 15) is 4.79 Å². The standard InChI is InChI=1S/C10H12BrNO2/c1-10(2,11)9(13)14-8-5-3-7(12)4-6-8/h3-6H,12H2,1-2H3. The van der Waals surface area contributed by atoms with Gasteiger partial charge in [0.2, 0.25) is 0 Å². The van der Waals surface area contributed by atoms with Gasteiger partial charge in [-0.15, -0.1) is 0 Å². The van der Waals surface area contributed by atoms with Crippen LogP contribution in [0.5, 0.6) is 5.75 Å². The third-order valence-electron chi connectivity index (χ3n) is 1.58. The molecule has 0 aliphatic rings. The van der Waals surface area contributed by atoms with E-state index < -0.39 is 4.32 Å². The maximum absolute atomic E-state index is 11.4. The van der Waals surface area contributed by atoms with Crippen LogP contribution < -0.4 is 10.5 Å². The Bertz CT molecular complexity index is 327. The SMILES string of the molecule is CC(C)(Br)C(=O)Oc1ccc(N)cc1. The highest BCUT2D eigenvalue weighted by atomic mass is 79.9. The van der Waals surface area contributed by atoms with Crippen LogP contribution in [0.15, 0.2) is 24.3 Å². The minimum absolute atomic E-state index is 0.331. The number of rotatable bonds is 2. The lowest BCUT2D eigenvalue weighted by Crippen LogP contribution is -2.29. The highest BCUT2D eigenvalue weighted by Crippen LogP contribution is 2.21. The van der Waals surface area contributed by atoms with Crippen molar-refractivity contribution in [1.29, 1.82) is 0 Å². The van der Waals surface area contributed by atoms with Gasteiger partial charge in [-0.25, -0.2) is 0 Å². The second-order valence-electron chi connectivity index (χ2n) is 3.43. The maximum atomic E-state index is 11.4. The van der Waals surface area contributed by atoms with Crippen molar-refractivity contribution >= 4 is 27.6 Å². The van der Waals surface area contributed by atoms with Crippen LogP contribution in [0, 0.1) is 0 Å². The van der Waals surface area contributed by atoms with Crippen molar-refractivity contribution in [2.24, 2.45) is 0 Å². The number of halogens is 1. The number of benzene rings is 1. The van der Waals surface area contributed by atoms with Gasteiger partial charge in [0.1, 0.15) is 10.1 Å². The number of nitrogen functional groups attached to an aromatic ring is 1. The quantitative estimate of drug-likeness (QED) is 0.383. The average Bonchev–Trinajstić information content (AvgIpc) is 2.07. The third kappa shape index (κ3) is 3.03. The van der Waals surface area contributed by atoms with Gasteiger partial charge in [0, 0.05) is 5.69 Å². The molecule has 0 amide bonds. The molecule has 0 aliphatic heterocycles. The third-order valence-corrected chi connectivity index (χ3v) is 1.90. The fraction of sp³-hybridized carbons (Fsp3) is 0.300. The van der Waals surface area contributed by atoms with Gasteiger partial charge in [0.15, 0.2) is 0 Å². The smallest absolute Gasteiger partial charge is 0.327 e. The Morgan fingerprint density at radius 1 is 1.36 bits per heavy atom. The molecule has 0 aliphatic carbocycles. The molecular formula is C10H12BrNO2. The Kier molecular flexibility index (Phi) is 3.16. The zero-order valence-corrected chi connectivity index (χ0v) is 9.67. The van der Waals surface area contributed by atoms with E-state index in [1.165, 1.54) is 0 Å². The highest BCUT2D eigenvalue weighted by Gasteiger charge is 2.25. The number of hydrogen-bond donors (Lipinski definition) is 1. The Hall–Kier alpha value is -1.03. The van der Waals surface area contributed by atoms with Crippen LogP contribution in [0.4, 0.5) is 5.69 Å². The van der Waals surface area contributed by atoms with Crippen LogP contribution in [0.25, 0.3) is 0 Å². The summed E-state index contributed by atoms with van der Waals surface area (Å²) < 4.78 is 4.42. The zero-order chi connectivity index (χ0) is 10.8. The molecule has 76 valence electrons. The molecule has 0 radical (unpaired) electrons. The molecular weight excluding hydrogens is 246 g/mol. The second-order valence-corrected chi connectivity index (χ2v) is 5.41. The van der Waals surface area contributed by atoms with Crippen LogP contribution in [-0.4, -0.2) is 10.3 Å². The van der Waals surface area contributed by atoms with E-state index in [1.54, 1.807) is 38.1 Å². The van der Waals surface area contributed by atoms with E-state index in [-0.39, 0.29) is 5.97 Å².